The molecule has 1 aromatic carbocycles. The lowest BCUT2D eigenvalue weighted by atomic mass is 10.0. The van der Waals surface area contributed by atoms with E-state index >= 15 is 0 Å². The van der Waals surface area contributed by atoms with Gasteiger partial charge in [-0.25, -0.2) is 0 Å². The standard InChI is InChI=1S/C10H10N2O/c1-6-9-3-2-7(10(11)12)4-8(9)5-13-6/h2-4H,1,5H2,(H3,11,12). The summed E-state index contributed by atoms with van der Waals surface area (Å²) in [7, 11) is 0. The zero-order valence-corrected chi connectivity index (χ0v) is 7.13. The predicted octanol–water partition coefficient (Wildman–Crippen LogP) is 1.47. The van der Waals surface area contributed by atoms with Crippen LogP contribution in [-0.2, 0) is 11.3 Å². The Morgan fingerprint density at radius 3 is 3.00 bits per heavy atom. The number of ether oxygens (including phenoxy) is 1. The van der Waals surface area contributed by atoms with Crippen molar-refractivity contribution >= 4 is 11.6 Å². The van der Waals surface area contributed by atoms with Crippen LogP contribution in [0.25, 0.3) is 5.76 Å². The van der Waals surface area contributed by atoms with Crippen LogP contribution in [0.3, 0.4) is 0 Å². The van der Waals surface area contributed by atoms with Crippen molar-refractivity contribution in [2.75, 3.05) is 0 Å². The first-order valence-electron chi connectivity index (χ1n) is 3.98. The summed E-state index contributed by atoms with van der Waals surface area (Å²) in [6.07, 6.45) is 0. The smallest absolute Gasteiger partial charge is 0.122 e. The Morgan fingerprint density at radius 2 is 2.31 bits per heavy atom. The molecule has 66 valence electrons. The van der Waals surface area contributed by atoms with Crippen LogP contribution >= 0.6 is 0 Å². The number of hydrogen-bond donors (Lipinski definition) is 2. The van der Waals surface area contributed by atoms with Crippen LogP contribution in [0.1, 0.15) is 16.7 Å². The number of nitrogen functional groups attached to an aromatic ring is 1. The van der Waals surface area contributed by atoms with E-state index in [4.69, 9.17) is 15.9 Å². The molecule has 0 radical (unpaired) electrons. The van der Waals surface area contributed by atoms with Crippen molar-refractivity contribution < 1.29 is 4.74 Å². The molecule has 1 aliphatic rings. The van der Waals surface area contributed by atoms with Gasteiger partial charge in [0.1, 0.15) is 18.2 Å². The van der Waals surface area contributed by atoms with Gasteiger partial charge >= 0.3 is 0 Å². The van der Waals surface area contributed by atoms with Crippen LogP contribution < -0.4 is 5.73 Å². The quantitative estimate of drug-likeness (QED) is 0.500. The van der Waals surface area contributed by atoms with Crippen LogP contribution in [0.5, 0.6) is 0 Å². The van der Waals surface area contributed by atoms with Gasteiger partial charge in [0.15, 0.2) is 0 Å². The van der Waals surface area contributed by atoms with Crippen LogP contribution in [0.2, 0.25) is 0 Å². The van der Waals surface area contributed by atoms with E-state index in [1.807, 2.05) is 12.1 Å². The maximum atomic E-state index is 7.26. The van der Waals surface area contributed by atoms with Crippen LogP contribution in [0.4, 0.5) is 0 Å². The number of nitrogens with two attached hydrogens (primary N) is 1. The molecule has 2 rings (SSSR count). The molecule has 1 aliphatic heterocycles. The number of fused-ring (bicyclic) bond motifs is 1. The monoisotopic (exact) mass is 174 g/mol. The van der Waals surface area contributed by atoms with Gasteiger partial charge in [0.25, 0.3) is 0 Å². The summed E-state index contributed by atoms with van der Waals surface area (Å²) in [6, 6.07) is 5.57. The first kappa shape index (κ1) is 7.86. The van der Waals surface area contributed by atoms with Gasteiger partial charge in [0.2, 0.25) is 0 Å². The highest BCUT2D eigenvalue weighted by Gasteiger charge is 2.15. The average Bonchev–Trinajstić information content (AvgIpc) is 2.47. The van der Waals surface area contributed by atoms with E-state index < -0.39 is 0 Å². The summed E-state index contributed by atoms with van der Waals surface area (Å²) in [5.41, 5.74) is 8.17. The summed E-state index contributed by atoms with van der Waals surface area (Å²) >= 11 is 0. The normalized spacial score (nSPS) is 13.7. The molecule has 1 aromatic rings. The Kier molecular flexibility index (Phi) is 1.59. The number of hydrogen-bond acceptors (Lipinski definition) is 2. The Labute approximate surface area is 76.3 Å². The van der Waals surface area contributed by atoms with Crippen molar-refractivity contribution in [3.05, 3.63) is 41.5 Å². The molecule has 3 N–H and O–H groups in total. The van der Waals surface area contributed by atoms with Crippen molar-refractivity contribution in [1.82, 2.24) is 0 Å². The summed E-state index contributed by atoms with van der Waals surface area (Å²) in [4.78, 5) is 0. The van der Waals surface area contributed by atoms with Gasteiger partial charge in [-0.05, 0) is 6.07 Å². The zero-order chi connectivity index (χ0) is 9.42. The lowest BCUT2D eigenvalue weighted by molar-refractivity contribution is 0.286. The van der Waals surface area contributed by atoms with E-state index in [0.717, 1.165) is 16.7 Å². The van der Waals surface area contributed by atoms with Gasteiger partial charge in [-0.15, -0.1) is 0 Å². The second kappa shape index (κ2) is 2.62. The van der Waals surface area contributed by atoms with E-state index in [0.29, 0.717) is 12.4 Å². The molecule has 1 heterocycles. The lowest BCUT2D eigenvalue weighted by Crippen LogP contribution is -2.11. The molecule has 0 atom stereocenters. The average molecular weight is 174 g/mol. The van der Waals surface area contributed by atoms with Gasteiger partial charge in [-0.2, -0.15) is 0 Å². The Bertz CT molecular complexity index is 396. The van der Waals surface area contributed by atoms with E-state index in [1.165, 1.54) is 0 Å². The van der Waals surface area contributed by atoms with Crippen molar-refractivity contribution in [3.63, 3.8) is 0 Å². The van der Waals surface area contributed by atoms with Crippen molar-refractivity contribution in [2.24, 2.45) is 5.73 Å². The highest BCUT2D eigenvalue weighted by molar-refractivity contribution is 5.95. The molecule has 13 heavy (non-hydrogen) atoms. The molecule has 0 saturated heterocycles. The highest BCUT2D eigenvalue weighted by Crippen LogP contribution is 2.28. The molecule has 0 spiro atoms. The van der Waals surface area contributed by atoms with Gasteiger partial charge in [0.05, 0.1) is 0 Å². The largest absolute Gasteiger partial charge is 0.489 e. The predicted molar refractivity (Wildman–Crippen MR) is 51.3 cm³/mol. The third kappa shape index (κ3) is 1.18. The van der Waals surface area contributed by atoms with Crippen molar-refractivity contribution in [3.8, 4) is 0 Å². The number of nitrogens with one attached hydrogen (secondary N) is 1. The highest BCUT2D eigenvalue weighted by atomic mass is 16.5. The van der Waals surface area contributed by atoms with E-state index in [2.05, 4.69) is 6.58 Å². The summed E-state index contributed by atoms with van der Waals surface area (Å²) in [6.45, 7) is 4.30. The van der Waals surface area contributed by atoms with Crippen LogP contribution in [0.15, 0.2) is 24.8 Å². The maximum Gasteiger partial charge on any atom is 0.122 e. The van der Waals surface area contributed by atoms with Crippen molar-refractivity contribution in [2.45, 2.75) is 6.61 Å². The number of rotatable bonds is 1. The van der Waals surface area contributed by atoms with Gasteiger partial charge in [-0.3, -0.25) is 5.41 Å². The molecule has 0 bridgehead atoms. The molecule has 3 nitrogen and oxygen atoms in total. The molecule has 0 fully saturated rings. The maximum absolute atomic E-state index is 7.26. The van der Waals surface area contributed by atoms with Crippen LogP contribution in [0, 0.1) is 5.41 Å². The SMILES string of the molecule is C=C1OCc2cc(C(=N)N)ccc21. The third-order valence-electron chi connectivity index (χ3n) is 2.12. The minimum Gasteiger partial charge on any atom is -0.489 e. The fourth-order valence-electron chi connectivity index (χ4n) is 1.40. The number of benzene rings is 1. The third-order valence-corrected chi connectivity index (χ3v) is 2.12. The van der Waals surface area contributed by atoms with E-state index in [-0.39, 0.29) is 5.84 Å². The second-order valence-electron chi connectivity index (χ2n) is 3.00. The zero-order valence-electron chi connectivity index (χ0n) is 7.13. The fourth-order valence-corrected chi connectivity index (χ4v) is 1.40. The molecule has 0 amide bonds. The van der Waals surface area contributed by atoms with Crippen LogP contribution in [-0.4, -0.2) is 5.84 Å². The Morgan fingerprint density at radius 1 is 1.54 bits per heavy atom. The second-order valence-corrected chi connectivity index (χ2v) is 3.00. The molecule has 0 aliphatic carbocycles. The Hall–Kier alpha value is -1.77. The van der Waals surface area contributed by atoms with E-state index in [1.54, 1.807) is 6.07 Å². The van der Waals surface area contributed by atoms with E-state index in [9.17, 15) is 0 Å². The minimum atomic E-state index is 0.0836. The molecule has 3 heteroatoms. The van der Waals surface area contributed by atoms with Gasteiger partial charge < -0.3 is 10.5 Å². The summed E-state index contributed by atoms with van der Waals surface area (Å²) < 4.78 is 5.25. The molecule has 0 aromatic heterocycles. The minimum absolute atomic E-state index is 0.0836. The fraction of sp³-hybridized carbons (Fsp3) is 0.100. The van der Waals surface area contributed by atoms with Crippen molar-refractivity contribution in [1.29, 1.82) is 5.41 Å². The topological polar surface area (TPSA) is 59.1 Å². The molecular weight excluding hydrogens is 164 g/mol. The first-order valence-corrected chi connectivity index (χ1v) is 3.98. The molecule has 0 unspecified atom stereocenters. The first-order chi connectivity index (χ1) is 6.18. The molecule has 0 saturated carbocycles. The van der Waals surface area contributed by atoms with Gasteiger partial charge in [0, 0.05) is 16.7 Å². The Balaban J connectivity index is 2.51. The molecular formula is C10H10N2O. The number of amidine groups is 1. The summed E-state index contributed by atoms with van der Waals surface area (Å²) in [5, 5.41) is 7.26. The van der Waals surface area contributed by atoms with Gasteiger partial charge in [-0.1, -0.05) is 18.7 Å². The summed E-state index contributed by atoms with van der Waals surface area (Å²) in [5.74, 6) is 0.783. The lowest BCUT2D eigenvalue weighted by Gasteiger charge is -2.00.